The Morgan fingerprint density at radius 3 is 1.74 bits per heavy atom. The lowest BCUT2D eigenvalue weighted by Crippen LogP contribution is -2.62. The Balaban J connectivity index is 0.00000172. The second-order valence-corrected chi connectivity index (χ2v) is 16.8. The summed E-state index contributed by atoms with van der Waals surface area (Å²) in [6.45, 7) is 13.2. The Hall–Kier alpha value is -5.04. The molecule has 11 rings (SSSR count). The average Bonchev–Trinajstić information content (AvgIpc) is 3.19. The fourth-order valence-corrected chi connectivity index (χ4v) is 11.5. The van der Waals surface area contributed by atoms with Gasteiger partial charge in [-0.1, -0.05) is 130 Å². The van der Waals surface area contributed by atoms with Crippen molar-refractivity contribution in [3.05, 3.63) is 155 Å². The van der Waals surface area contributed by atoms with E-state index in [1.54, 1.807) is 0 Å². The molecular weight excluding hydrogens is 681 g/mol. The van der Waals surface area contributed by atoms with Crippen LogP contribution in [0.5, 0.6) is 0 Å². The number of hydrogen-bond donors (Lipinski definition) is 0. The highest BCUT2D eigenvalue weighted by atomic mass is 32.2. The number of nitrogens with zero attached hydrogens (tertiary/aromatic N) is 3. The molecule has 0 radical (unpaired) electrons. The summed E-state index contributed by atoms with van der Waals surface area (Å²) in [4.78, 5) is 12.9. The predicted octanol–water partition coefficient (Wildman–Crippen LogP) is 12.0. The molecule has 0 aromatic heterocycles. The molecule has 0 bridgehead atoms. The summed E-state index contributed by atoms with van der Waals surface area (Å²) in [7, 11) is 0. The minimum atomic E-state index is -0.134. The topological polar surface area (TPSA) is 9.72 Å². The largest absolute Gasteiger partial charge is 0.310 e. The number of rotatable bonds is 2. The smallest absolute Gasteiger partial charge is 0.252 e. The van der Waals surface area contributed by atoms with E-state index < -0.39 is 0 Å². The van der Waals surface area contributed by atoms with Crippen LogP contribution in [-0.2, 0) is 5.41 Å². The van der Waals surface area contributed by atoms with E-state index >= 15 is 0 Å². The predicted molar refractivity (Wildman–Crippen MR) is 230 cm³/mol. The number of anilines is 8. The SMILES string of the molecule is C/C=C\C1=C(C)Sc2cccc3c2N1c1cc(N2c4ccccc4C(C)(C)c4ccccc42)cc2c1B3c1cccc3c1N2c1ccccc1S3.CC. The third-order valence-corrected chi connectivity index (χ3v) is 13.6. The van der Waals surface area contributed by atoms with Gasteiger partial charge in [-0.05, 0) is 96.0 Å². The van der Waals surface area contributed by atoms with E-state index in [-0.39, 0.29) is 12.1 Å². The van der Waals surface area contributed by atoms with Gasteiger partial charge in [0.1, 0.15) is 0 Å². The van der Waals surface area contributed by atoms with Gasteiger partial charge in [-0.2, -0.15) is 0 Å². The summed E-state index contributed by atoms with van der Waals surface area (Å²) in [5.41, 5.74) is 18.0. The van der Waals surface area contributed by atoms with E-state index in [0.29, 0.717) is 0 Å². The van der Waals surface area contributed by atoms with Crippen LogP contribution in [0.3, 0.4) is 0 Å². The Kier molecular flexibility index (Phi) is 7.38. The van der Waals surface area contributed by atoms with Gasteiger partial charge >= 0.3 is 0 Å². The number of allylic oxidation sites excluding steroid dienone is 3. The Morgan fingerprint density at radius 1 is 0.566 bits per heavy atom. The van der Waals surface area contributed by atoms with Crippen LogP contribution in [0.4, 0.5) is 45.5 Å². The zero-order valence-electron chi connectivity index (χ0n) is 30.9. The maximum absolute atomic E-state index is 2.58. The molecule has 5 aliphatic heterocycles. The molecule has 0 fully saturated rings. The van der Waals surface area contributed by atoms with Crippen LogP contribution >= 0.6 is 23.5 Å². The molecule has 3 nitrogen and oxygen atoms in total. The molecule has 6 heteroatoms. The van der Waals surface area contributed by atoms with Gasteiger partial charge in [0.25, 0.3) is 6.71 Å². The van der Waals surface area contributed by atoms with Crippen molar-refractivity contribution in [2.75, 3.05) is 14.7 Å². The van der Waals surface area contributed by atoms with E-state index in [1.165, 1.54) is 98.3 Å². The second-order valence-electron chi connectivity index (χ2n) is 14.5. The molecule has 0 amide bonds. The minimum Gasteiger partial charge on any atom is -0.310 e. The lowest BCUT2D eigenvalue weighted by Gasteiger charge is -2.48. The van der Waals surface area contributed by atoms with E-state index in [1.807, 2.05) is 37.4 Å². The monoisotopic (exact) mass is 721 g/mol. The molecule has 0 atom stereocenters. The fraction of sp³-hybridized carbons (Fsp3) is 0.149. The van der Waals surface area contributed by atoms with Gasteiger partial charge in [-0.15, -0.1) is 0 Å². The fourth-order valence-electron chi connectivity index (χ4n) is 9.33. The van der Waals surface area contributed by atoms with E-state index in [4.69, 9.17) is 0 Å². The maximum atomic E-state index is 2.58. The first-order valence-corrected chi connectivity index (χ1v) is 20.4. The summed E-state index contributed by atoms with van der Waals surface area (Å²) in [6, 6.07) is 45.8. The van der Waals surface area contributed by atoms with Gasteiger partial charge in [0.15, 0.2) is 0 Å². The molecule has 0 spiro atoms. The third kappa shape index (κ3) is 4.40. The lowest BCUT2D eigenvalue weighted by molar-refractivity contribution is 0.632. The molecule has 53 heavy (non-hydrogen) atoms. The summed E-state index contributed by atoms with van der Waals surface area (Å²) >= 11 is 3.80. The van der Waals surface area contributed by atoms with Gasteiger partial charge in [-0.25, -0.2) is 0 Å². The molecular formula is C47H40BN3S2. The van der Waals surface area contributed by atoms with Crippen molar-refractivity contribution < 1.29 is 0 Å². The Labute approximate surface area is 322 Å². The molecule has 0 saturated heterocycles. The number of thioether (sulfide) groups is 1. The molecule has 0 aliphatic carbocycles. The van der Waals surface area contributed by atoms with Crippen molar-refractivity contribution >= 4 is 92.1 Å². The second kappa shape index (κ2) is 12.0. The van der Waals surface area contributed by atoms with E-state index in [9.17, 15) is 0 Å². The van der Waals surface area contributed by atoms with Crippen molar-refractivity contribution in [3.63, 3.8) is 0 Å². The van der Waals surface area contributed by atoms with Crippen molar-refractivity contribution in [2.24, 2.45) is 0 Å². The summed E-state index contributed by atoms with van der Waals surface area (Å²) in [6.07, 6.45) is 4.49. The molecule has 0 N–H and O–H groups in total. The normalized spacial score (nSPS) is 16.2. The van der Waals surface area contributed by atoms with Crippen molar-refractivity contribution in [1.29, 1.82) is 0 Å². The van der Waals surface area contributed by atoms with Gasteiger partial charge < -0.3 is 14.7 Å². The van der Waals surface area contributed by atoms with Gasteiger partial charge in [0, 0.05) is 36.4 Å². The number of benzene rings is 6. The quantitative estimate of drug-likeness (QED) is 0.164. The molecule has 5 aliphatic rings. The highest BCUT2D eigenvalue weighted by molar-refractivity contribution is 8.03. The minimum absolute atomic E-state index is 0.109. The molecule has 258 valence electrons. The third-order valence-electron chi connectivity index (χ3n) is 11.4. The first kappa shape index (κ1) is 32.6. The maximum Gasteiger partial charge on any atom is 0.252 e. The first-order valence-electron chi connectivity index (χ1n) is 18.8. The highest BCUT2D eigenvalue weighted by Crippen LogP contribution is 2.58. The van der Waals surface area contributed by atoms with Crippen LogP contribution < -0.4 is 31.1 Å². The van der Waals surface area contributed by atoms with Crippen LogP contribution in [-0.4, -0.2) is 6.71 Å². The van der Waals surface area contributed by atoms with Gasteiger partial charge in [-0.3, -0.25) is 0 Å². The molecule has 0 saturated carbocycles. The van der Waals surface area contributed by atoms with Crippen LogP contribution in [0, 0.1) is 0 Å². The molecule has 6 aromatic carbocycles. The van der Waals surface area contributed by atoms with Crippen LogP contribution in [0.1, 0.15) is 52.7 Å². The van der Waals surface area contributed by atoms with Crippen LogP contribution in [0.2, 0.25) is 0 Å². The molecule has 0 unspecified atom stereocenters. The lowest BCUT2D eigenvalue weighted by atomic mass is 9.33. The summed E-state index contributed by atoms with van der Waals surface area (Å²) in [5.74, 6) is 0. The van der Waals surface area contributed by atoms with E-state index in [2.05, 4.69) is 176 Å². The van der Waals surface area contributed by atoms with E-state index in [0.717, 1.165) is 0 Å². The first-order chi connectivity index (χ1) is 26.0. The van der Waals surface area contributed by atoms with Crippen molar-refractivity contribution in [1.82, 2.24) is 0 Å². The summed E-state index contributed by atoms with van der Waals surface area (Å²) in [5, 5.41) is 0. The zero-order chi connectivity index (χ0) is 36.2. The number of hydrogen-bond acceptors (Lipinski definition) is 5. The standard InChI is InChI=1S/C45H34BN3S2.C2H6/c1-5-14-33-27(2)50-40-23-12-17-31-43(40)48(33)37-25-28(47-34-19-8-6-15-29(34)45(3,4)30-16-7-9-20-35(30)47)26-38-42(37)46(31)32-18-13-24-41-44(32)49(38)36-21-10-11-22-39(36)51-41;1-2/h5-26H,1-4H3;1-2H3/b14-5-;. The Morgan fingerprint density at radius 2 is 1.09 bits per heavy atom. The highest BCUT2D eigenvalue weighted by Gasteiger charge is 2.48. The summed E-state index contributed by atoms with van der Waals surface area (Å²) < 4.78 is 0. The zero-order valence-corrected chi connectivity index (χ0v) is 32.6. The molecule has 6 aromatic rings. The van der Waals surface area contributed by atoms with Crippen LogP contribution in [0.15, 0.2) is 159 Å². The van der Waals surface area contributed by atoms with Gasteiger partial charge in [0.05, 0.1) is 39.8 Å². The number of para-hydroxylation sites is 5. The average molecular weight is 722 g/mol. The van der Waals surface area contributed by atoms with Crippen molar-refractivity contribution in [3.8, 4) is 0 Å². The number of fused-ring (bicyclic) bond motifs is 8. The molecule has 5 heterocycles. The van der Waals surface area contributed by atoms with Crippen molar-refractivity contribution in [2.45, 2.75) is 61.6 Å². The van der Waals surface area contributed by atoms with Gasteiger partial charge in [0.2, 0.25) is 0 Å². The van der Waals surface area contributed by atoms with Crippen LogP contribution in [0.25, 0.3) is 0 Å². The Bertz CT molecular complexity index is 2540.